The van der Waals surface area contributed by atoms with Gasteiger partial charge >= 0.3 is 17.5 Å². The zero-order valence-corrected chi connectivity index (χ0v) is 11.5. The Kier molecular flexibility index (Phi) is 4.33. The monoisotopic (exact) mass is 311 g/mol. The van der Waals surface area contributed by atoms with Crippen molar-refractivity contribution in [2.24, 2.45) is 0 Å². The lowest BCUT2D eigenvalue weighted by Crippen LogP contribution is -2.04. The van der Waals surface area contributed by atoms with Crippen molar-refractivity contribution in [2.45, 2.75) is 17.2 Å². The molecule has 0 saturated carbocycles. The number of pyridine rings is 1. The van der Waals surface area contributed by atoms with E-state index in [1.165, 1.54) is 12.1 Å². The van der Waals surface area contributed by atoms with Crippen LogP contribution in [-0.2, 0) is 4.74 Å². The lowest BCUT2D eigenvalue weighted by atomic mass is 10.4. The Hall–Kier alpha value is -2.69. The molecule has 0 radical (unpaired) electrons. The summed E-state index contributed by atoms with van der Waals surface area (Å²) in [7, 11) is 0. The summed E-state index contributed by atoms with van der Waals surface area (Å²) < 4.78 is 9.77. The molecule has 0 aliphatic rings. The van der Waals surface area contributed by atoms with E-state index >= 15 is 0 Å². The Bertz CT molecular complexity index is 688. The zero-order chi connectivity index (χ0) is 15.4. The van der Waals surface area contributed by atoms with Crippen molar-refractivity contribution < 1.29 is 18.9 Å². The summed E-state index contributed by atoms with van der Waals surface area (Å²) in [6, 6.07) is 2.60. The van der Waals surface area contributed by atoms with Crippen LogP contribution in [0.4, 0.5) is 11.5 Å². The van der Waals surface area contributed by atoms with Crippen LogP contribution in [0.15, 0.2) is 26.8 Å². The van der Waals surface area contributed by atoms with Crippen molar-refractivity contribution in [3.05, 3.63) is 28.1 Å². The molecule has 11 heteroatoms. The Labute approximate surface area is 121 Å². The van der Waals surface area contributed by atoms with Gasteiger partial charge in [0.1, 0.15) is 5.03 Å². The van der Waals surface area contributed by atoms with Crippen molar-refractivity contribution in [1.29, 1.82) is 0 Å². The molecule has 0 aliphatic heterocycles. The molecule has 110 valence electrons. The van der Waals surface area contributed by atoms with Gasteiger partial charge in [-0.25, -0.2) is 9.78 Å². The van der Waals surface area contributed by atoms with E-state index in [9.17, 15) is 14.9 Å². The number of hydrogen-bond donors (Lipinski definition) is 1. The summed E-state index contributed by atoms with van der Waals surface area (Å²) in [5.41, 5.74) is 5.17. The van der Waals surface area contributed by atoms with E-state index in [4.69, 9.17) is 14.9 Å². The molecule has 10 nitrogen and oxygen atoms in total. The molecule has 2 N–H and O–H groups in total. The van der Waals surface area contributed by atoms with Crippen LogP contribution in [0.25, 0.3) is 0 Å². The molecule has 0 aromatic carbocycles. The van der Waals surface area contributed by atoms with E-state index in [-0.39, 0.29) is 29.2 Å². The third-order valence-electron chi connectivity index (χ3n) is 2.12. The third kappa shape index (κ3) is 3.45. The van der Waals surface area contributed by atoms with Crippen LogP contribution in [0, 0.1) is 10.1 Å². The minimum absolute atomic E-state index is 0.0406. The third-order valence-corrected chi connectivity index (χ3v) is 2.90. The van der Waals surface area contributed by atoms with Crippen LogP contribution in [0.5, 0.6) is 0 Å². The summed E-state index contributed by atoms with van der Waals surface area (Å²) in [6.45, 7) is 1.83. The molecule has 0 spiro atoms. The quantitative estimate of drug-likeness (QED) is 0.486. The number of nitro groups is 1. The molecule has 2 rings (SSSR count). The van der Waals surface area contributed by atoms with Crippen molar-refractivity contribution >= 4 is 29.2 Å². The van der Waals surface area contributed by atoms with Crippen molar-refractivity contribution in [3.63, 3.8) is 0 Å². The molecule has 21 heavy (non-hydrogen) atoms. The molecule has 0 amide bonds. The number of carbonyl (C=O) groups is 1. The molecule has 0 aliphatic carbocycles. The Morgan fingerprint density at radius 1 is 1.52 bits per heavy atom. The largest absolute Gasteiger partial charge is 0.459 e. The lowest BCUT2D eigenvalue weighted by Gasteiger charge is -1.99. The smallest absolute Gasteiger partial charge is 0.396 e. The highest BCUT2D eigenvalue weighted by Gasteiger charge is 2.18. The maximum Gasteiger partial charge on any atom is 0.396 e. The standard InChI is InChI=1S/C10H9N5O5S/c1-2-19-9(16)8-13-14-10(20-8)21-6-4-3-5(15(17)18)7(11)12-6/h3-4H,2H2,1H3,(H2,11,12). The molecule has 2 heterocycles. The van der Waals surface area contributed by atoms with Gasteiger partial charge in [-0.2, -0.15) is 0 Å². The number of hydrogen-bond acceptors (Lipinski definition) is 10. The predicted octanol–water partition coefficient (Wildman–Crippen LogP) is 1.28. The topological polar surface area (TPSA) is 147 Å². The van der Waals surface area contributed by atoms with E-state index < -0.39 is 10.9 Å². The molecule has 2 aromatic heterocycles. The van der Waals surface area contributed by atoms with Gasteiger partial charge < -0.3 is 14.9 Å². The van der Waals surface area contributed by atoms with Gasteiger partial charge in [-0.3, -0.25) is 10.1 Å². The normalized spacial score (nSPS) is 10.3. The second kappa shape index (κ2) is 6.17. The van der Waals surface area contributed by atoms with Gasteiger partial charge in [-0.15, -0.1) is 5.10 Å². The fraction of sp³-hybridized carbons (Fsp3) is 0.200. The number of carbonyl (C=O) groups excluding carboxylic acids is 1. The number of aromatic nitrogens is 3. The van der Waals surface area contributed by atoms with Crippen molar-refractivity contribution in [3.8, 4) is 0 Å². The van der Waals surface area contributed by atoms with Crippen LogP contribution in [0.2, 0.25) is 0 Å². The molecule has 0 fully saturated rings. The SMILES string of the molecule is CCOC(=O)c1nnc(Sc2ccc([N+](=O)[O-])c(N)n2)o1. The van der Waals surface area contributed by atoms with E-state index in [0.717, 1.165) is 11.8 Å². The first-order chi connectivity index (χ1) is 10.0. The number of esters is 1. The van der Waals surface area contributed by atoms with Gasteiger partial charge in [0, 0.05) is 6.07 Å². The van der Waals surface area contributed by atoms with E-state index in [2.05, 4.69) is 15.2 Å². The fourth-order valence-corrected chi connectivity index (χ4v) is 1.94. The van der Waals surface area contributed by atoms with Crippen LogP contribution in [-0.4, -0.2) is 32.7 Å². The van der Waals surface area contributed by atoms with Crippen LogP contribution in [0.3, 0.4) is 0 Å². The summed E-state index contributed by atoms with van der Waals surface area (Å²) in [6.07, 6.45) is 0. The molecule has 0 atom stereocenters. The molecule has 0 saturated heterocycles. The molecule has 0 bridgehead atoms. The Balaban J connectivity index is 2.14. The maximum absolute atomic E-state index is 11.3. The number of nitrogens with zero attached hydrogens (tertiary/aromatic N) is 4. The number of nitrogen functional groups attached to an aromatic ring is 1. The first kappa shape index (κ1) is 14.7. The number of nitrogens with two attached hydrogens (primary N) is 1. The highest BCUT2D eigenvalue weighted by molar-refractivity contribution is 7.99. The fourth-order valence-electron chi connectivity index (χ4n) is 1.28. The highest BCUT2D eigenvalue weighted by atomic mass is 32.2. The predicted molar refractivity (Wildman–Crippen MR) is 69.7 cm³/mol. The minimum Gasteiger partial charge on any atom is -0.459 e. The first-order valence-electron chi connectivity index (χ1n) is 5.60. The number of anilines is 1. The zero-order valence-electron chi connectivity index (χ0n) is 10.7. The molecular weight excluding hydrogens is 302 g/mol. The summed E-state index contributed by atoms with van der Waals surface area (Å²) in [5, 5.41) is 18.1. The average molecular weight is 311 g/mol. The average Bonchev–Trinajstić information content (AvgIpc) is 2.87. The van der Waals surface area contributed by atoms with Gasteiger partial charge in [-0.1, -0.05) is 5.10 Å². The van der Waals surface area contributed by atoms with E-state index in [0.29, 0.717) is 5.03 Å². The van der Waals surface area contributed by atoms with Gasteiger partial charge in [0.05, 0.1) is 11.5 Å². The van der Waals surface area contributed by atoms with Gasteiger partial charge in [0.15, 0.2) is 0 Å². The van der Waals surface area contributed by atoms with Crippen LogP contribution >= 0.6 is 11.8 Å². The second-order valence-electron chi connectivity index (χ2n) is 3.51. The molecule has 0 unspecified atom stereocenters. The van der Waals surface area contributed by atoms with Gasteiger partial charge in [-0.05, 0) is 24.8 Å². The van der Waals surface area contributed by atoms with Gasteiger partial charge in [0.25, 0.3) is 5.22 Å². The minimum atomic E-state index is -0.729. The summed E-state index contributed by atoms with van der Waals surface area (Å²) >= 11 is 0.917. The van der Waals surface area contributed by atoms with Crippen molar-refractivity contribution in [1.82, 2.24) is 15.2 Å². The van der Waals surface area contributed by atoms with E-state index in [1.807, 2.05) is 0 Å². The lowest BCUT2D eigenvalue weighted by molar-refractivity contribution is -0.384. The van der Waals surface area contributed by atoms with Crippen LogP contribution < -0.4 is 5.73 Å². The summed E-state index contributed by atoms with van der Waals surface area (Å²) in [4.78, 5) is 25.2. The first-order valence-corrected chi connectivity index (χ1v) is 6.42. The maximum atomic E-state index is 11.3. The van der Waals surface area contributed by atoms with Crippen LogP contribution in [0.1, 0.15) is 17.6 Å². The number of rotatable bonds is 5. The summed E-state index contributed by atoms with van der Waals surface area (Å²) in [5.74, 6) is -1.24. The molecular formula is C10H9N5O5S. The second-order valence-corrected chi connectivity index (χ2v) is 4.48. The van der Waals surface area contributed by atoms with Gasteiger partial charge in [0.2, 0.25) is 5.82 Å². The molecule has 2 aromatic rings. The number of ether oxygens (including phenoxy) is 1. The van der Waals surface area contributed by atoms with Crippen molar-refractivity contribution in [2.75, 3.05) is 12.3 Å². The Morgan fingerprint density at radius 2 is 2.29 bits per heavy atom. The Morgan fingerprint density at radius 3 is 2.90 bits per heavy atom. The van der Waals surface area contributed by atoms with E-state index in [1.54, 1.807) is 6.92 Å². The highest BCUT2D eigenvalue weighted by Crippen LogP contribution is 2.28.